The molecule has 0 spiro atoms. The predicted molar refractivity (Wildman–Crippen MR) is 69.1 cm³/mol. The van der Waals surface area contributed by atoms with Gasteiger partial charge in [-0.15, -0.1) is 0 Å². The van der Waals surface area contributed by atoms with E-state index >= 15 is 0 Å². The van der Waals surface area contributed by atoms with E-state index in [9.17, 15) is 0 Å². The first-order chi connectivity index (χ1) is 8.77. The molecule has 18 heavy (non-hydrogen) atoms. The fourth-order valence-electron chi connectivity index (χ4n) is 1.48. The van der Waals surface area contributed by atoms with Crippen LogP contribution in [0.5, 0.6) is 11.5 Å². The van der Waals surface area contributed by atoms with Gasteiger partial charge in [-0.3, -0.25) is 0 Å². The number of ether oxygens (including phenoxy) is 4. The Balaban J connectivity index is 2.12. The molecule has 6 heteroatoms. The molecular weight excluding hydrogens is 279 g/mol. The summed E-state index contributed by atoms with van der Waals surface area (Å²) in [6, 6.07) is 3.29. The Labute approximate surface area is 116 Å². The van der Waals surface area contributed by atoms with Gasteiger partial charge in [-0.1, -0.05) is 23.2 Å². The molecule has 0 atom stereocenters. The Kier molecular flexibility index (Phi) is 5.38. The molecule has 2 rings (SSSR count). The highest BCUT2D eigenvalue weighted by atomic mass is 35.5. The van der Waals surface area contributed by atoms with Gasteiger partial charge in [0.2, 0.25) is 0 Å². The van der Waals surface area contributed by atoms with E-state index < -0.39 is 0 Å². The maximum Gasteiger partial charge on any atom is 0.162 e. The van der Waals surface area contributed by atoms with Crippen molar-refractivity contribution in [3.05, 3.63) is 22.2 Å². The van der Waals surface area contributed by atoms with Crippen molar-refractivity contribution < 1.29 is 18.9 Å². The molecule has 4 nitrogen and oxygen atoms in total. The number of rotatable bonds is 0. The highest BCUT2D eigenvalue weighted by Crippen LogP contribution is 2.36. The lowest BCUT2D eigenvalue weighted by Gasteiger charge is -2.15. The molecule has 0 unspecified atom stereocenters. The summed E-state index contributed by atoms with van der Waals surface area (Å²) < 4.78 is 21.8. The third kappa shape index (κ3) is 3.92. The summed E-state index contributed by atoms with van der Waals surface area (Å²) in [5.74, 6) is 1.13. The van der Waals surface area contributed by atoms with E-state index in [-0.39, 0.29) is 0 Å². The monoisotopic (exact) mass is 292 g/mol. The lowest BCUT2D eigenvalue weighted by molar-refractivity contribution is 0.0223. The lowest BCUT2D eigenvalue weighted by atomic mass is 10.3. The quantitative estimate of drug-likeness (QED) is 0.737. The van der Waals surface area contributed by atoms with E-state index in [1.165, 1.54) is 0 Å². The van der Waals surface area contributed by atoms with Crippen molar-refractivity contribution in [2.45, 2.75) is 0 Å². The van der Waals surface area contributed by atoms with Crippen LogP contribution >= 0.6 is 23.2 Å². The van der Waals surface area contributed by atoms with Gasteiger partial charge >= 0.3 is 0 Å². The molecule has 1 aromatic carbocycles. The third-order valence-corrected chi connectivity index (χ3v) is 3.05. The predicted octanol–water partition coefficient (Wildman–Crippen LogP) is 2.80. The molecule has 0 saturated heterocycles. The van der Waals surface area contributed by atoms with Gasteiger partial charge < -0.3 is 18.9 Å². The number of halogens is 2. The Hall–Kier alpha value is -0.680. The third-order valence-electron chi connectivity index (χ3n) is 2.33. The molecule has 0 saturated carbocycles. The van der Waals surface area contributed by atoms with Gasteiger partial charge in [0.15, 0.2) is 11.5 Å². The van der Waals surface area contributed by atoms with E-state index in [0.29, 0.717) is 61.2 Å². The summed E-state index contributed by atoms with van der Waals surface area (Å²) >= 11 is 11.9. The Morgan fingerprint density at radius 1 is 0.667 bits per heavy atom. The Morgan fingerprint density at radius 2 is 1.06 bits per heavy atom. The van der Waals surface area contributed by atoms with Gasteiger partial charge in [-0.05, 0) is 0 Å². The molecule has 1 aliphatic rings. The van der Waals surface area contributed by atoms with E-state index in [4.69, 9.17) is 42.1 Å². The first-order valence-electron chi connectivity index (χ1n) is 5.67. The zero-order chi connectivity index (χ0) is 12.8. The molecule has 0 radical (unpaired) electrons. The van der Waals surface area contributed by atoms with E-state index in [0.717, 1.165) is 0 Å². The Bertz CT molecular complexity index is 361. The average molecular weight is 293 g/mol. The second kappa shape index (κ2) is 7.04. The number of hydrogen-bond donors (Lipinski definition) is 0. The van der Waals surface area contributed by atoms with E-state index in [2.05, 4.69) is 0 Å². The topological polar surface area (TPSA) is 36.9 Å². The summed E-state index contributed by atoms with van der Waals surface area (Å²) in [6.07, 6.45) is 0. The maximum absolute atomic E-state index is 5.95. The van der Waals surface area contributed by atoms with Gasteiger partial charge in [0.05, 0.1) is 36.5 Å². The molecular formula is C12H14Cl2O4. The van der Waals surface area contributed by atoms with Crippen LogP contribution in [0.2, 0.25) is 10.0 Å². The van der Waals surface area contributed by atoms with Crippen molar-refractivity contribution in [3.63, 3.8) is 0 Å². The van der Waals surface area contributed by atoms with Crippen LogP contribution in [0.25, 0.3) is 0 Å². The highest BCUT2D eigenvalue weighted by Gasteiger charge is 2.11. The van der Waals surface area contributed by atoms with Crippen molar-refractivity contribution in [1.29, 1.82) is 0 Å². The average Bonchev–Trinajstić information content (AvgIpc) is 2.34. The normalized spacial score (nSPS) is 17.7. The molecule has 1 heterocycles. The van der Waals surface area contributed by atoms with Crippen LogP contribution in [-0.2, 0) is 9.47 Å². The second-order valence-corrected chi connectivity index (χ2v) is 4.45. The van der Waals surface area contributed by atoms with Gasteiger partial charge in [-0.25, -0.2) is 0 Å². The van der Waals surface area contributed by atoms with Crippen LogP contribution in [0, 0.1) is 0 Å². The fraction of sp³-hybridized carbons (Fsp3) is 0.500. The molecule has 0 bridgehead atoms. The van der Waals surface area contributed by atoms with E-state index in [1.54, 1.807) is 12.1 Å². The van der Waals surface area contributed by atoms with Crippen molar-refractivity contribution in [1.82, 2.24) is 0 Å². The van der Waals surface area contributed by atoms with Crippen molar-refractivity contribution in [3.8, 4) is 11.5 Å². The summed E-state index contributed by atoms with van der Waals surface area (Å²) in [5.41, 5.74) is 0. The van der Waals surface area contributed by atoms with Crippen LogP contribution in [0.3, 0.4) is 0 Å². The van der Waals surface area contributed by atoms with Gasteiger partial charge in [0.1, 0.15) is 13.2 Å². The van der Waals surface area contributed by atoms with Crippen molar-refractivity contribution in [2.24, 2.45) is 0 Å². The van der Waals surface area contributed by atoms with Crippen molar-refractivity contribution in [2.75, 3.05) is 39.6 Å². The molecule has 1 aromatic rings. The molecule has 100 valence electrons. The maximum atomic E-state index is 5.95. The zero-order valence-electron chi connectivity index (χ0n) is 9.79. The molecule has 0 N–H and O–H groups in total. The molecule has 0 aliphatic carbocycles. The summed E-state index contributed by atoms with van der Waals surface area (Å²) in [5, 5.41) is 0.867. The molecule has 0 aromatic heterocycles. The van der Waals surface area contributed by atoms with Crippen molar-refractivity contribution >= 4 is 23.2 Å². The van der Waals surface area contributed by atoms with Gasteiger partial charge in [-0.2, -0.15) is 0 Å². The highest BCUT2D eigenvalue weighted by molar-refractivity contribution is 6.42. The zero-order valence-corrected chi connectivity index (χ0v) is 11.3. The standard InChI is InChI=1S/C12H14Cl2O4/c13-9-7-11-12(8-10(9)14)18-6-4-16-2-1-15-3-5-17-11/h7-8H,1-6H2. The SMILES string of the molecule is Clc1cc2c(cc1Cl)OCCOCCOCCO2. The first-order valence-corrected chi connectivity index (χ1v) is 6.43. The Morgan fingerprint density at radius 3 is 1.50 bits per heavy atom. The summed E-state index contributed by atoms with van der Waals surface area (Å²) in [4.78, 5) is 0. The molecule has 1 aliphatic heterocycles. The van der Waals surface area contributed by atoms with Gasteiger partial charge in [0, 0.05) is 12.1 Å². The smallest absolute Gasteiger partial charge is 0.162 e. The minimum absolute atomic E-state index is 0.425. The second-order valence-electron chi connectivity index (χ2n) is 3.63. The van der Waals surface area contributed by atoms with Crippen LogP contribution in [0.15, 0.2) is 12.1 Å². The van der Waals surface area contributed by atoms with Crippen LogP contribution in [-0.4, -0.2) is 39.6 Å². The number of fused-ring (bicyclic) bond motifs is 1. The van der Waals surface area contributed by atoms with Crippen LogP contribution in [0.1, 0.15) is 0 Å². The minimum Gasteiger partial charge on any atom is -0.487 e. The largest absolute Gasteiger partial charge is 0.487 e. The fourth-order valence-corrected chi connectivity index (χ4v) is 1.79. The van der Waals surface area contributed by atoms with Crippen LogP contribution in [0.4, 0.5) is 0 Å². The minimum atomic E-state index is 0.425. The van der Waals surface area contributed by atoms with E-state index in [1.807, 2.05) is 0 Å². The summed E-state index contributed by atoms with van der Waals surface area (Å²) in [6.45, 7) is 2.93. The number of benzene rings is 1. The number of hydrogen-bond acceptors (Lipinski definition) is 4. The molecule has 0 amide bonds. The van der Waals surface area contributed by atoms with Gasteiger partial charge in [0.25, 0.3) is 0 Å². The molecule has 0 fully saturated rings. The first kappa shape index (κ1) is 13.7. The lowest BCUT2D eigenvalue weighted by Crippen LogP contribution is -2.15. The summed E-state index contributed by atoms with van der Waals surface area (Å²) in [7, 11) is 0. The van der Waals surface area contributed by atoms with Crippen LogP contribution < -0.4 is 9.47 Å².